The molecule has 0 N–H and O–H groups in total. The lowest BCUT2D eigenvalue weighted by Gasteiger charge is -2.35. The van der Waals surface area contributed by atoms with Crippen LogP contribution in [-0.2, 0) is 4.79 Å². The van der Waals surface area contributed by atoms with Crippen molar-refractivity contribution in [3.05, 3.63) is 65.0 Å². The van der Waals surface area contributed by atoms with E-state index in [1.807, 2.05) is 0 Å². The Labute approximate surface area is 164 Å². The van der Waals surface area contributed by atoms with Gasteiger partial charge in [-0.2, -0.15) is 0 Å². The third-order valence-electron chi connectivity index (χ3n) is 4.46. The molecule has 6 nitrogen and oxygen atoms in total. The molecule has 1 aliphatic heterocycles. The van der Waals surface area contributed by atoms with Crippen molar-refractivity contribution in [3.8, 4) is 5.75 Å². The molecule has 0 unspecified atom stereocenters. The molecule has 1 saturated heterocycles. The largest absolute Gasteiger partial charge is 0.427 e. The lowest BCUT2D eigenvalue weighted by atomic mass is 10.1. The van der Waals surface area contributed by atoms with E-state index in [9.17, 15) is 27.6 Å². The van der Waals surface area contributed by atoms with E-state index in [2.05, 4.69) is 0 Å². The van der Waals surface area contributed by atoms with Gasteiger partial charge in [0.15, 0.2) is 17.5 Å². The molecule has 0 aliphatic carbocycles. The second-order valence-corrected chi connectivity index (χ2v) is 6.43. The topological polar surface area (TPSA) is 66.9 Å². The number of hydrogen-bond donors (Lipinski definition) is 0. The van der Waals surface area contributed by atoms with Gasteiger partial charge in [0, 0.05) is 38.7 Å². The van der Waals surface area contributed by atoms with E-state index in [4.69, 9.17) is 4.74 Å². The molecule has 1 heterocycles. The Kier molecular flexibility index (Phi) is 5.86. The van der Waals surface area contributed by atoms with Gasteiger partial charge in [-0.1, -0.05) is 6.07 Å². The molecule has 2 amide bonds. The molecule has 0 saturated carbocycles. The van der Waals surface area contributed by atoms with Crippen molar-refractivity contribution in [1.82, 2.24) is 9.80 Å². The van der Waals surface area contributed by atoms with E-state index in [0.717, 1.165) is 6.07 Å². The van der Waals surface area contributed by atoms with Crippen LogP contribution in [0.3, 0.4) is 0 Å². The summed E-state index contributed by atoms with van der Waals surface area (Å²) in [6.45, 7) is 1.81. The average Bonchev–Trinajstić information content (AvgIpc) is 2.71. The van der Waals surface area contributed by atoms with Crippen molar-refractivity contribution in [1.29, 1.82) is 0 Å². The molecule has 0 atom stereocenters. The highest BCUT2D eigenvalue weighted by Gasteiger charge is 2.28. The molecule has 0 spiro atoms. The van der Waals surface area contributed by atoms with Crippen LogP contribution in [0.25, 0.3) is 0 Å². The molecule has 0 bridgehead atoms. The van der Waals surface area contributed by atoms with Crippen molar-refractivity contribution in [2.24, 2.45) is 0 Å². The molecule has 0 aromatic heterocycles. The van der Waals surface area contributed by atoms with E-state index >= 15 is 0 Å². The zero-order valence-corrected chi connectivity index (χ0v) is 15.5. The number of halogens is 3. The Morgan fingerprint density at radius 2 is 1.48 bits per heavy atom. The number of ether oxygens (including phenoxy) is 1. The standard InChI is InChI=1S/C20H17F3N2O4/c1-12(26)29-14-4-2-3-13(11-14)19(27)24-7-9-25(10-8-24)20(28)15-5-6-16(21)18(23)17(15)22/h2-6,11H,7-10H2,1H3. The van der Waals surface area contributed by atoms with Gasteiger partial charge in [0.2, 0.25) is 0 Å². The maximum atomic E-state index is 13.9. The predicted molar refractivity (Wildman–Crippen MR) is 95.9 cm³/mol. The SMILES string of the molecule is CC(=O)Oc1cccc(C(=O)N2CCN(C(=O)c3ccc(F)c(F)c3F)CC2)c1. The first kappa shape index (κ1) is 20.4. The first-order chi connectivity index (χ1) is 13.8. The van der Waals surface area contributed by atoms with Crippen molar-refractivity contribution >= 4 is 17.8 Å². The van der Waals surface area contributed by atoms with E-state index in [-0.39, 0.29) is 37.8 Å². The molecule has 2 aromatic carbocycles. The van der Waals surface area contributed by atoms with Gasteiger partial charge in [-0.05, 0) is 30.3 Å². The van der Waals surface area contributed by atoms with Gasteiger partial charge in [-0.3, -0.25) is 14.4 Å². The lowest BCUT2D eigenvalue weighted by Crippen LogP contribution is -2.50. The van der Waals surface area contributed by atoms with Gasteiger partial charge >= 0.3 is 5.97 Å². The van der Waals surface area contributed by atoms with Crippen LogP contribution in [-0.4, -0.2) is 53.8 Å². The molecular weight excluding hydrogens is 389 g/mol. The van der Waals surface area contributed by atoms with Gasteiger partial charge in [-0.15, -0.1) is 0 Å². The smallest absolute Gasteiger partial charge is 0.308 e. The number of hydrogen-bond acceptors (Lipinski definition) is 4. The summed E-state index contributed by atoms with van der Waals surface area (Å²) in [5.41, 5.74) is -0.243. The summed E-state index contributed by atoms with van der Waals surface area (Å²) in [5, 5.41) is 0. The molecular formula is C20H17F3N2O4. The minimum Gasteiger partial charge on any atom is -0.427 e. The first-order valence-corrected chi connectivity index (χ1v) is 8.78. The van der Waals surface area contributed by atoms with Crippen molar-refractivity contribution in [2.45, 2.75) is 6.92 Å². The molecule has 1 fully saturated rings. The zero-order chi connectivity index (χ0) is 21.1. The third-order valence-corrected chi connectivity index (χ3v) is 4.46. The molecule has 29 heavy (non-hydrogen) atoms. The minimum atomic E-state index is -1.70. The fourth-order valence-corrected chi connectivity index (χ4v) is 3.02. The summed E-state index contributed by atoms with van der Waals surface area (Å²) in [5.74, 6) is -5.95. The number of amides is 2. The van der Waals surface area contributed by atoms with Gasteiger partial charge in [0.05, 0.1) is 5.56 Å². The fourth-order valence-electron chi connectivity index (χ4n) is 3.02. The molecule has 1 aliphatic rings. The van der Waals surface area contributed by atoms with Crippen LogP contribution in [0.2, 0.25) is 0 Å². The Balaban J connectivity index is 1.66. The number of carbonyl (C=O) groups excluding carboxylic acids is 3. The maximum Gasteiger partial charge on any atom is 0.308 e. The van der Waals surface area contributed by atoms with Crippen LogP contribution in [0.15, 0.2) is 36.4 Å². The highest BCUT2D eigenvalue weighted by molar-refractivity contribution is 5.96. The van der Waals surface area contributed by atoms with Crippen LogP contribution >= 0.6 is 0 Å². The molecule has 3 rings (SSSR count). The second-order valence-electron chi connectivity index (χ2n) is 6.43. The number of nitrogens with zero attached hydrogens (tertiary/aromatic N) is 2. The number of esters is 1. The minimum absolute atomic E-state index is 0.104. The Hall–Kier alpha value is -3.36. The Morgan fingerprint density at radius 1 is 0.862 bits per heavy atom. The highest BCUT2D eigenvalue weighted by atomic mass is 19.2. The van der Waals surface area contributed by atoms with Crippen LogP contribution < -0.4 is 4.74 Å². The maximum absolute atomic E-state index is 13.9. The second kappa shape index (κ2) is 8.34. The monoisotopic (exact) mass is 406 g/mol. The third kappa shape index (κ3) is 4.39. The van der Waals surface area contributed by atoms with Crippen LogP contribution in [0, 0.1) is 17.5 Å². The lowest BCUT2D eigenvalue weighted by molar-refractivity contribution is -0.131. The van der Waals surface area contributed by atoms with Crippen molar-refractivity contribution in [2.75, 3.05) is 26.2 Å². The van der Waals surface area contributed by atoms with Gasteiger partial charge in [0.1, 0.15) is 5.75 Å². The summed E-state index contributed by atoms with van der Waals surface area (Å²) < 4.78 is 45.3. The van der Waals surface area contributed by atoms with Crippen LogP contribution in [0.4, 0.5) is 13.2 Å². The number of rotatable bonds is 3. The van der Waals surface area contributed by atoms with Crippen LogP contribution in [0.1, 0.15) is 27.6 Å². The van der Waals surface area contributed by atoms with Gasteiger partial charge < -0.3 is 14.5 Å². The van der Waals surface area contributed by atoms with Gasteiger partial charge in [0.25, 0.3) is 11.8 Å². The van der Waals surface area contributed by atoms with Crippen molar-refractivity contribution in [3.63, 3.8) is 0 Å². The van der Waals surface area contributed by atoms with E-state index in [1.165, 1.54) is 22.8 Å². The first-order valence-electron chi connectivity index (χ1n) is 8.78. The molecule has 152 valence electrons. The van der Waals surface area contributed by atoms with E-state index < -0.39 is 34.9 Å². The van der Waals surface area contributed by atoms with Gasteiger partial charge in [-0.25, -0.2) is 13.2 Å². The summed E-state index contributed by atoms with van der Waals surface area (Å²) in [7, 11) is 0. The summed E-state index contributed by atoms with van der Waals surface area (Å²) in [6, 6.07) is 7.74. The normalized spacial score (nSPS) is 13.9. The molecule has 9 heteroatoms. The molecule has 0 radical (unpaired) electrons. The number of carbonyl (C=O) groups is 3. The summed E-state index contributed by atoms with van der Waals surface area (Å²) >= 11 is 0. The zero-order valence-electron chi connectivity index (χ0n) is 15.5. The predicted octanol–water partition coefficient (Wildman–Crippen LogP) is 2.63. The fraction of sp³-hybridized carbons (Fsp3) is 0.250. The van der Waals surface area contributed by atoms with Crippen LogP contribution in [0.5, 0.6) is 5.75 Å². The Morgan fingerprint density at radius 3 is 2.10 bits per heavy atom. The summed E-state index contributed by atoms with van der Waals surface area (Å²) in [4.78, 5) is 38.9. The quantitative estimate of drug-likeness (QED) is 0.447. The Bertz CT molecular complexity index is 972. The summed E-state index contributed by atoms with van der Waals surface area (Å²) in [6.07, 6.45) is 0. The van der Waals surface area contributed by atoms with E-state index in [0.29, 0.717) is 11.6 Å². The number of piperazine rings is 1. The average molecular weight is 406 g/mol. The molecule has 2 aromatic rings. The van der Waals surface area contributed by atoms with Crippen molar-refractivity contribution < 1.29 is 32.3 Å². The highest BCUT2D eigenvalue weighted by Crippen LogP contribution is 2.19. The van der Waals surface area contributed by atoms with E-state index in [1.54, 1.807) is 18.2 Å². The number of benzene rings is 2.